The van der Waals surface area contributed by atoms with Crippen LogP contribution < -0.4 is 20.5 Å². The highest BCUT2D eigenvalue weighted by Gasteiger charge is 2.30. The molecule has 2 rings (SSSR count). The largest absolute Gasteiger partial charge is 0.497 e. The minimum atomic E-state index is -1.10. The molecular formula is C18H21BrN2O3. The van der Waals surface area contributed by atoms with Gasteiger partial charge in [-0.1, -0.05) is 28.1 Å². The monoisotopic (exact) mass is 392 g/mol. The lowest BCUT2D eigenvalue weighted by molar-refractivity contribution is -0.126. The maximum Gasteiger partial charge on any atom is 0.244 e. The number of amides is 1. The van der Waals surface area contributed by atoms with Crippen molar-refractivity contribution in [3.8, 4) is 11.5 Å². The van der Waals surface area contributed by atoms with Gasteiger partial charge in [-0.15, -0.1) is 0 Å². The number of rotatable bonds is 7. The summed E-state index contributed by atoms with van der Waals surface area (Å²) in [5.74, 6) is 1.24. The number of carbonyl (C=O) groups excluding carboxylic acids is 1. The van der Waals surface area contributed by atoms with Crippen molar-refractivity contribution >= 4 is 21.8 Å². The molecule has 0 fully saturated rings. The van der Waals surface area contributed by atoms with E-state index in [0.717, 1.165) is 15.8 Å². The first-order valence-corrected chi connectivity index (χ1v) is 8.33. The fraction of sp³-hybridized carbons (Fsp3) is 0.278. The molecule has 5 nitrogen and oxygen atoms in total. The molecule has 1 unspecified atom stereocenters. The van der Waals surface area contributed by atoms with Gasteiger partial charge < -0.3 is 20.5 Å². The summed E-state index contributed by atoms with van der Waals surface area (Å²) in [6, 6.07) is 14.7. The lowest BCUT2D eigenvalue weighted by atomic mass is 9.92. The Labute approximate surface area is 150 Å². The molecule has 1 amide bonds. The third kappa shape index (κ3) is 4.72. The van der Waals surface area contributed by atoms with Crippen LogP contribution in [0.2, 0.25) is 0 Å². The van der Waals surface area contributed by atoms with Gasteiger partial charge in [0.15, 0.2) is 0 Å². The Balaban J connectivity index is 1.82. The van der Waals surface area contributed by atoms with Gasteiger partial charge in [0.1, 0.15) is 23.6 Å². The van der Waals surface area contributed by atoms with Crippen molar-refractivity contribution in [2.45, 2.75) is 12.5 Å². The minimum Gasteiger partial charge on any atom is -0.497 e. The van der Waals surface area contributed by atoms with Gasteiger partial charge in [-0.2, -0.15) is 0 Å². The van der Waals surface area contributed by atoms with E-state index in [1.54, 1.807) is 14.0 Å². The van der Waals surface area contributed by atoms with E-state index >= 15 is 0 Å². The second-order valence-electron chi connectivity index (χ2n) is 5.49. The van der Waals surface area contributed by atoms with Crippen molar-refractivity contribution in [2.75, 3.05) is 20.3 Å². The molecule has 6 heteroatoms. The summed E-state index contributed by atoms with van der Waals surface area (Å²) in [6.45, 7) is 2.42. The molecule has 0 aliphatic rings. The minimum absolute atomic E-state index is 0.247. The van der Waals surface area contributed by atoms with Gasteiger partial charge in [-0.05, 0) is 48.9 Å². The van der Waals surface area contributed by atoms with Crippen LogP contribution in [0, 0.1) is 0 Å². The van der Waals surface area contributed by atoms with E-state index in [1.807, 2.05) is 48.5 Å². The summed E-state index contributed by atoms with van der Waals surface area (Å²) in [6.07, 6.45) is 0. The molecular weight excluding hydrogens is 372 g/mol. The van der Waals surface area contributed by atoms with Crippen LogP contribution >= 0.6 is 15.9 Å². The van der Waals surface area contributed by atoms with Crippen LogP contribution in [0.4, 0.5) is 0 Å². The highest BCUT2D eigenvalue weighted by Crippen LogP contribution is 2.20. The zero-order valence-corrected chi connectivity index (χ0v) is 15.3. The first kappa shape index (κ1) is 18.3. The van der Waals surface area contributed by atoms with E-state index in [4.69, 9.17) is 15.2 Å². The maximum atomic E-state index is 12.3. The first-order chi connectivity index (χ1) is 11.4. The number of benzene rings is 2. The Kier molecular flexibility index (Phi) is 6.23. The molecule has 0 aromatic heterocycles. The van der Waals surface area contributed by atoms with Gasteiger partial charge >= 0.3 is 0 Å². The lowest BCUT2D eigenvalue weighted by Crippen LogP contribution is -2.49. The van der Waals surface area contributed by atoms with Crippen molar-refractivity contribution in [1.29, 1.82) is 0 Å². The number of ether oxygens (including phenoxy) is 2. The quantitative estimate of drug-likeness (QED) is 0.710. The molecule has 2 aromatic carbocycles. The van der Waals surface area contributed by atoms with E-state index in [-0.39, 0.29) is 5.91 Å². The predicted molar refractivity (Wildman–Crippen MR) is 97.2 cm³/mol. The number of hydrogen-bond acceptors (Lipinski definition) is 4. The molecule has 1 atom stereocenters. The van der Waals surface area contributed by atoms with Gasteiger partial charge in [-0.25, -0.2) is 0 Å². The smallest absolute Gasteiger partial charge is 0.244 e. The first-order valence-electron chi connectivity index (χ1n) is 7.53. The van der Waals surface area contributed by atoms with Gasteiger partial charge in [0.2, 0.25) is 5.91 Å². The van der Waals surface area contributed by atoms with Crippen molar-refractivity contribution in [3.63, 3.8) is 0 Å². The molecule has 2 aromatic rings. The van der Waals surface area contributed by atoms with Gasteiger partial charge in [0, 0.05) is 4.47 Å². The molecule has 0 spiro atoms. The van der Waals surface area contributed by atoms with Crippen LogP contribution in [-0.2, 0) is 10.3 Å². The van der Waals surface area contributed by atoms with Crippen LogP contribution in [0.25, 0.3) is 0 Å². The SMILES string of the molecule is COc1ccc(OCCNC(=O)C(C)(N)c2ccc(Br)cc2)cc1. The molecule has 0 aliphatic carbocycles. The van der Waals surface area contributed by atoms with Crippen LogP contribution in [0.3, 0.4) is 0 Å². The average molecular weight is 393 g/mol. The lowest BCUT2D eigenvalue weighted by Gasteiger charge is -2.24. The molecule has 0 saturated heterocycles. The van der Waals surface area contributed by atoms with E-state index in [0.29, 0.717) is 18.9 Å². The standard InChI is InChI=1S/C18H21BrN2O3/c1-18(20,13-3-5-14(19)6-4-13)17(22)21-11-12-24-16-9-7-15(23-2)8-10-16/h3-10H,11-12,20H2,1-2H3,(H,21,22). The Morgan fingerprint density at radius 3 is 2.29 bits per heavy atom. The van der Waals surface area contributed by atoms with E-state index in [9.17, 15) is 4.79 Å². The number of nitrogens with two attached hydrogens (primary N) is 1. The van der Waals surface area contributed by atoms with E-state index < -0.39 is 5.54 Å². The molecule has 0 radical (unpaired) electrons. The summed E-state index contributed by atoms with van der Waals surface area (Å²) in [5, 5.41) is 2.80. The van der Waals surface area contributed by atoms with Gasteiger partial charge in [-0.3, -0.25) is 4.79 Å². The third-order valence-corrected chi connectivity index (χ3v) is 4.16. The highest BCUT2D eigenvalue weighted by atomic mass is 79.9. The number of hydrogen-bond donors (Lipinski definition) is 2. The zero-order chi connectivity index (χ0) is 17.6. The number of carbonyl (C=O) groups is 1. The Morgan fingerprint density at radius 1 is 1.12 bits per heavy atom. The molecule has 3 N–H and O–H groups in total. The highest BCUT2D eigenvalue weighted by molar-refractivity contribution is 9.10. The summed E-state index contributed by atoms with van der Waals surface area (Å²) >= 11 is 3.37. The van der Waals surface area contributed by atoms with E-state index in [2.05, 4.69) is 21.2 Å². The summed E-state index contributed by atoms with van der Waals surface area (Å²) < 4.78 is 11.6. The zero-order valence-electron chi connectivity index (χ0n) is 13.7. The Bertz CT molecular complexity index is 670. The summed E-state index contributed by atoms with van der Waals surface area (Å²) in [4.78, 5) is 12.3. The fourth-order valence-corrected chi connectivity index (χ4v) is 2.38. The third-order valence-electron chi connectivity index (χ3n) is 3.63. The number of nitrogens with one attached hydrogen (secondary N) is 1. The van der Waals surface area contributed by atoms with Crippen LogP contribution in [-0.4, -0.2) is 26.2 Å². The predicted octanol–water partition coefficient (Wildman–Crippen LogP) is 2.83. The van der Waals surface area contributed by atoms with Crippen molar-refractivity contribution in [2.24, 2.45) is 5.73 Å². The van der Waals surface area contributed by atoms with E-state index in [1.165, 1.54) is 0 Å². The van der Waals surface area contributed by atoms with Crippen LogP contribution in [0.15, 0.2) is 53.0 Å². The molecule has 128 valence electrons. The van der Waals surface area contributed by atoms with Crippen molar-refractivity contribution in [1.82, 2.24) is 5.32 Å². The number of methoxy groups -OCH3 is 1. The topological polar surface area (TPSA) is 73.6 Å². The van der Waals surface area contributed by atoms with Crippen molar-refractivity contribution in [3.05, 3.63) is 58.6 Å². The second-order valence-corrected chi connectivity index (χ2v) is 6.40. The summed E-state index contributed by atoms with van der Waals surface area (Å²) in [5.41, 5.74) is 5.83. The van der Waals surface area contributed by atoms with Crippen LogP contribution in [0.5, 0.6) is 11.5 Å². The molecule has 0 aliphatic heterocycles. The Hall–Kier alpha value is -2.05. The second kappa shape index (κ2) is 8.17. The van der Waals surface area contributed by atoms with Crippen LogP contribution in [0.1, 0.15) is 12.5 Å². The normalized spacial score (nSPS) is 13.0. The maximum absolute atomic E-state index is 12.3. The van der Waals surface area contributed by atoms with Gasteiger partial charge in [0.05, 0.1) is 13.7 Å². The summed E-state index contributed by atoms with van der Waals surface area (Å²) in [7, 11) is 1.61. The molecule has 24 heavy (non-hydrogen) atoms. The fourth-order valence-electron chi connectivity index (χ4n) is 2.12. The molecule has 0 bridgehead atoms. The molecule has 0 heterocycles. The number of halogens is 1. The molecule has 0 saturated carbocycles. The van der Waals surface area contributed by atoms with Crippen molar-refractivity contribution < 1.29 is 14.3 Å². The average Bonchev–Trinajstić information content (AvgIpc) is 2.59. The Morgan fingerprint density at radius 2 is 1.71 bits per heavy atom. The van der Waals surface area contributed by atoms with Gasteiger partial charge in [0.25, 0.3) is 0 Å².